The van der Waals surface area contributed by atoms with Crippen LogP contribution in [0.2, 0.25) is 0 Å². The Morgan fingerprint density at radius 3 is 2.88 bits per heavy atom. The van der Waals surface area contributed by atoms with Crippen LogP contribution in [0.1, 0.15) is 56.4 Å². The molecule has 1 spiro atoms. The highest BCUT2D eigenvalue weighted by molar-refractivity contribution is 5.92. The summed E-state index contributed by atoms with van der Waals surface area (Å²) in [4.78, 5) is 29.0. The molecule has 0 aliphatic carbocycles. The lowest BCUT2D eigenvalue weighted by molar-refractivity contribution is -0.139. The zero-order chi connectivity index (χ0) is 17.9. The van der Waals surface area contributed by atoms with E-state index in [-0.39, 0.29) is 17.2 Å². The SMILES string of the molecule is CC(C)CCN1C[C@@]2(CCCN(C(=O)c3cccnn3)C2)CCC1=O. The average molecular weight is 344 g/mol. The lowest BCUT2D eigenvalue weighted by Crippen LogP contribution is -2.55. The van der Waals surface area contributed by atoms with E-state index < -0.39 is 0 Å². The first-order chi connectivity index (χ1) is 12.0. The fourth-order valence-corrected chi connectivity index (χ4v) is 4.01. The van der Waals surface area contributed by atoms with Gasteiger partial charge in [-0.1, -0.05) is 13.8 Å². The minimum absolute atomic E-state index is 0.0427. The fraction of sp³-hybridized carbons (Fsp3) is 0.684. The molecule has 6 nitrogen and oxygen atoms in total. The van der Waals surface area contributed by atoms with E-state index in [1.165, 1.54) is 0 Å². The maximum Gasteiger partial charge on any atom is 0.274 e. The second-order valence-electron chi connectivity index (χ2n) is 7.94. The van der Waals surface area contributed by atoms with Crippen LogP contribution in [-0.2, 0) is 4.79 Å². The van der Waals surface area contributed by atoms with Gasteiger partial charge >= 0.3 is 0 Å². The Morgan fingerprint density at radius 2 is 2.16 bits per heavy atom. The summed E-state index contributed by atoms with van der Waals surface area (Å²) in [6, 6.07) is 3.46. The van der Waals surface area contributed by atoms with Gasteiger partial charge in [0.25, 0.3) is 5.91 Å². The molecule has 3 heterocycles. The monoisotopic (exact) mass is 344 g/mol. The lowest BCUT2D eigenvalue weighted by Gasteiger charge is -2.48. The number of hydrogen-bond acceptors (Lipinski definition) is 4. The van der Waals surface area contributed by atoms with E-state index in [9.17, 15) is 9.59 Å². The molecule has 2 aliphatic heterocycles. The van der Waals surface area contributed by atoms with Gasteiger partial charge in [-0.2, -0.15) is 5.10 Å². The van der Waals surface area contributed by atoms with Crippen molar-refractivity contribution in [3.05, 3.63) is 24.0 Å². The summed E-state index contributed by atoms with van der Waals surface area (Å²) in [6.45, 7) is 7.46. The molecule has 0 radical (unpaired) electrons. The first-order valence-electron chi connectivity index (χ1n) is 9.34. The van der Waals surface area contributed by atoms with Crippen LogP contribution in [0.25, 0.3) is 0 Å². The summed E-state index contributed by atoms with van der Waals surface area (Å²) >= 11 is 0. The van der Waals surface area contributed by atoms with E-state index in [1.807, 2.05) is 9.80 Å². The van der Waals surface area contributed by atoms with Gasteiger partial charge in [0.15, 0.2) is 5.69 Å². The zero-order valence-electron chi connectivity index (χ0n) is 15.3. The number of amides is 2. The van der Waals surface area contributed by atoms with Crippen molar-refractivity contribution in [2.75, 3.05) is 26.2 Å². The molecule has 2 amide bonds. The number of piperidine rings is 2. The maximum absolute atomic E-state index is 12.7. The summed E-state index contributed by atoms with van der Waals surface area (Å²) in [5, 5.41) is 7.77. The summed E-state index contributed by atoms with van der Waals surface area (Å²) in [6.07, 6.45) is 6.17. The topological polar surface area (TPSA) is 66.4 Å². The van der Waals surface area contributed by atoms with E-state index in [0.29, 0.717) is 24.6 Å². The van der Waals surface area contributed by atoms with Crippen molar-refractivity contribution in [3.63, 3.8) is 0 Å². The van der Waals surface area contributed by atoms with Gasteiger partial charge in [-0.15, -0.1) is 5.10 Å². The number of nitrogens with zero attached hydrogens (tertiary/aromatic N) is 4. The highest BCUT2D eigenvalue weighted by atomic mass is 16.2. The Labute approximate surface area is 149 Å². The molecular formula is C19H28N4O2. The molecule has 0 aromatic carbocycles. The maximum atomic E-state index is 12.7. The third kappa shape index (κ3) is 4.17. The van der Waals surface area contributed by atoms with E-state index in [2.05, 4.69) is 24.0 Å². The van der Waals surface area contributed by atoms with Crippen molar-refractivity contribution in [2.45, 2.75) is 46.0 Å². The molecule has 1 aromatic rings. The second kappa shape index (κ2) is 7.50. The summed E-state index contributed by atoms with van der Waals surface area (Å²) < 4.78 is 0. The van der Waals surface area contributed by atoms with Gasteiger partial charge in [-0.25, -0.2) is 0 Å². The Morgan fingerprint density at radius 1 is 1.32 bits per heavy atom. The van der Waals surface area contributed by atoms with Crippen LogP contribution in [0.4, 0.5) is 0 Å². The second-order valence-corrected chi connectivity index (χ2v) is 7.94. The molecule has 2 saturated heterocycles. The van der Waals surface area contributed by atoms with Crippen LogP contribution in [0.15, 0.2) is 18.3 Å². The quantitative estimate of drug-likeness (QED) is 0.841. The summed E-state index contributed by atoms with van der Waals surface area (Å²) in [5.41, 5.74) is 0.448. The molecule has 6 heteroatoms. The van der Waals surface area contributed by atoms with Gasteiger partial charge in [0.05, 0.1) is 0 Å². The summed E-state index contributed by atoms with van der Waals surface area (Å²) in [7, 11) is 0. The highest BCUT2D eigenvalue weighted by Gasteiger charge is 2.42. The normalized spacial score (nSPS) is 24.2. The predicted molar refractivity (Wildman–Crippen MR) is 94.9 cm³/mol. The van der Waals surface area contributed by atoms with Crippen molar-refractivity contribution < 1.29 is 9.59 Å². The lowest BCUT2D eigenvalue weighted by atomic mass is 9.73. The van der Waals surface area contributed by atoms with Crippen molar-refractivity contribution in [2.24, 2.45) is 11.3 Å². The third-order valence-electron chi connectivity index (χ3n) is 5.46. The van der Waals surface area contributed by atoms with E-state index in [0.717, 1.165) is 45.3 Å². The zero-order valence-corrected chi connectivity index (χ0v) is 15.3. The van der Waals surface area contributed by atoms with E-state index in [1.54, 1.807) is 18.3 Å². The van der Waals surface area contributed by atoms with Crippen LogP contribution < -0.4 is 0 Å². The van der Waals surface area contributed by atoms with Crippen LogP contribution >= 0.6 is 0 Å². The standard InChI is InChI=1S/C19H28N4O2/c1-15(2)7-12-22-13-19(9-6-17(22)24)8-4-11-23(14-19)18(25)16-5-3-10-20-21-16/h3,5,10,15H,4,6-9,11-14H2,1-2H3/t19-/m1/s1. The number of rotatable bonds is 4. The molecule has 1 atom stereocenters. The third-order valence-corrected chi connectivity index (χ3v) is 5.46. The Hall–Kier alpha value is -1.98. The number of carbonyl (C=O) groups is 2. The molecule has 25 heavy (non-hydrogen) atoms. The van der Waals surface area contributed by atoms with Crippen molar-refractivity contribution in [1.82, 2.24) is 20.0 Å². The number of likely N-dealkylation sites (tertiary alicyclic amines) is 2. The van der Waals surface area contributed by atoms with Crippen molar-refractivity contribution >= 4 is 11.8 Å². The minimum Gasteiger partial charge on any atom is -0.342 e. The minimum atomic E-state index is -0.0437. The largest absolute Gasteiger partial charge is 0.342 e. The Balaban J connectivity index is 1.69. The molecule has 0 unspecified atom stereocenters. The van der Waals surface area contributed by atoms with Gasteiger partial charge in [-0.05, 0) is 43.7 Å². The van der Waals surface area contributed by atoms with E-state index in [4.69, 9.17) is 0 Å². The van der Waals surface area contributed by atoms with Gasteiger partial charge < -0.3 is 9.80 Å². The first-order valence-corrected chi connectivity index (χ1v) is 9.34. The number of carbonyl (C=O) groups excluding carboxylic acids is 2. The van der Waals surface area contributed by atoms with Crippen LogP contribution in [0.3, 0.4) is 0 Å². The molecule has 1 aromatic heterocycles. The van der Waals surface area contributed by atoms with Crippen molar-refractivity contribution in [3.8, 4) is 0 Å². The van der Waals surface area contributed by atoms with Gasteiger partial charge in [-0.3, -0.25) is 9.59 Å². The van der Waals surface area contributed by atoms with Gasteiger partial charge in [0.1, 0.15) is 0 Å². The van der Waals surface area contributed by atoms with Crippen LogP contribution in [0, 0.1) is 11.3 Å². The Kier molecular flexibility index (Phi) is 5.35. The Bertz CT molecular complexity index is 619. The highest BCUT2D eigenvalue weighted by Crippen LogP contribution is 2.39. The molecular weight excluding hydrogens is 316 g/mol. The van der Waals surface area contributed by atoms with Crippen LogP contribution in [-0.4, -0.2) is 58.0 Å². The molecule has 136 valence electrons. The number of hydrogen-bond donors (Lipinski definition) is 0. The molecule has 2 fully saturated rings. The molecule has 3 rings (SSSR count). The predicted octanol–water partition coefficient (Wildman–Crippen LogP) is 2.37. The number of aromatic nitrogens is 2. The van der Waals surface area contributed by atoms with Crippen LogP contribution in [0.5, 0.6) is 0 Å². The summed E-state index contributed by atoms with van der Waals surface area (Å²) in [5.74, 6) is 0.813. The average Bonchev–Trinajstić information content (AvgIpc) is 2.63. The van der Waals surface area contributed by atoms with Gasteiger partial charge in [0.2, 0.25) is 5.91 Å². The fourth-order valence-electron chi connectivity index (χ4n) is 4.01. The smallest absolute Gasteiger partial charge is 0.274 e. The van der Waals surface area contributed by atoms with Gasteiger partial charge in [0, 0.05) is 44.2 Å². The molecule has 0 bridgehead atoms. The van der Waals surface area contributed by atoms with E-state index >= 15 is 0 Å². The first kappa shape index (κ1) is 17.8. The molecule has 0 saturated carbocycles. The van der Waals surface area contributed by atoms with Crippen molar-refractivity contribution in [1.29, 1.82) is 0 Å². The molecule has 0 N–H and O–H groups in total. The molecule has 2 aliphatic rings.